The summed E-state index contributed by atoms with van der Waals surface area (Å²) in [7, 11) is 0. The number of carbonyl (C=O) groups is 1. The van der Waals surface area contributed by atoms with Gasteiger partial charge in [0, 0.05) is 16.6 Å². The summed E-state index contributed by atoms with van der Waals surface area (Å²) in [4.78, 5) is 29.4. The average Bonchev–Trinajstić information content (AvgIpc) is 3.11. The van der Waals surface area contributed by atoms with E-state index in [0.717, 1.165) is 16.7 Å². The maximum Gasteiger partial charge on any atom is 0.271 e. The van der Waals surface area contributed by atoms with Crippen LogP contribution in [0.1, 0.15) is 5.56 Å². The van der Waals surface area contributed by atoms with E-state index < -0.39 is 0 Å². The minimum Gasteiger partial charge on any atom is -0.325 e. The second kappa shape index (κ2) is 7.36. The third kappa shape index (κ3) is 3.57. The molecule has 0 bridgehead atoms. The zero-order valence-corrected chi connectivity index (χ0v) is 15.8. The second-order valence-corrected chi connectivity index (χ2v) is 7.31. The highest BCUT2D eigenvalue weighted by molar-refractivity contribution is 7.17. The molecule has 0 aliphatic rings. The molecule has 2 heterocycles. The van der Waals surface area contributed by atoms with Crippen LogP contribution in [-0.2, 0) is 11.3 Å². The van der Waals surface area contributed by atoms with Gasteiger partial charge in [0.2, 0.25) is 5.91 Å². The Morgan fingerprint density at radius 3 is 2.57 bits per heavy atom. The Bertz CT molecular complexity index is 1210. The third-order valence-electron chi connectivity index (χ3n) is 4.35. The molecule has 5 nitrogen and oxygen atoms in total. The summed E-state index contributed by atoms with van der Waals surface area (Å²) >= 11 is 1.27. The zero-order valence-electron chi connectivity index (χ0n) is 15.0. The number of amides is 1. The standard InChI is InChI=1S/C21H16FN3O2S/c1-13-2-8-16(9-3-13)24-18(26)10-25-12-23-19-17(11-28-20(19)21(25)27)14-4-6-15(22)7-5-14/h2-9,11-12H,10H2,1H3,(H,24,26). The average molecular weight is 393 g/mol. The first kappa shape index (κ1) is 18.1. The first-order valence-electron chi connectivity index (χ1n) is 8.60. The predicted molar refractivity (Wildman–Crippen MR) is 109 cm³/mol. The van der Waals surface area contributed by atoms with Crippen molar-refractivity contribution in [3.63, 3.8) is 0 Å². The summed E-state index contributed by atoms with van der Waals surface area (Å²) in [5.41, 5.74) is 3.60. The smallest absolute Gasteiger partial charge is 0.271 e. The molecule has 0 saturated carbocycles. The molecule has 2 aromatic heterocycles. The highest BCUT2D eigenvalue weighted by Gasteiger charge is 2.14. The van der Waals surface area contributed by atoms with Crippen LogP contribution in [-0.4, -0.2) is 15.5 Å². The van der Waals surface area contributed by atoms with Gasteiger partial charge in [0.05, 0.1) is 11.8 Å². The Kier molecular flexibility index (Phi) is 4.75. The number of hydrogen-bond donors (Lipinski definition) is 1. The molecule has 4 rings (SSSR count). The molecule has 1 amide bonds. The zero-order chi connectivity index (χ0) is 19.7. The summed E-state index contributed by atoms with van der Waals surface area (Å²) in [6.07, 6.45) is 1.37. The number of hydrogen-bond acceptors (Lipinski definition) is 4. The number of nitrogens with zero attached hydrogens (tertiary/aromatic N) is 2. The lowest BCUT2D eigenvalue weighted by Crippen LogP contribution is -2.27. The fourth-order valence-electron chi connectivity index (χ4n) is 2.88. The molecule has 140 valence electrons. The molecular weight excluding hydrogens is 377 g/mol. The van der Waals surface area contributed by atoms with Crippen molar-refractivity contribution in [1.82, 2.24) is 9.55 Å². The van der Waals surface area contributed by atoms with E-state index in [9.17, 15) is 14.0 Å². The molecule has 4 aromatic rings. The van der Waals surface area contributed by atoms with Crippen molar-refractivity contribution in [3.05, 3.63) is 82.0 Å². The van der Waals surface area contributed by atoms with Gasteiger partial charge in [-0.05, 0) is 36.8 Å². The van der Waals surface area contributed by atoms with Crippen LogP contribution in [0.5, 0.6) is 0 Å². The van der Waals surface area contributed by atoms with E-state index in [0.29, 0.717) is 15.9 Å². The van der Waals surface area contributed by atoms with Crippen LogP contribution >= 0.6 is 11.3 Å². The molecule has 0 aliphatic heterocycles. The number of aromatic nitrogens is 2. The highest BCUT2D eigenvalue weighted by atomic mass is 32.1. The Labute approximate surface area is 164 Å². The molecule has 0 atom stereocenters. The van der Waals surface area contributed by atoms with Crippen LogP contribution in [0.15, 0.2) is 65.0 Å². The number of anilines is 1. The SMILES string of the molecule is Cc1ccc(NC(=O)Cn2cnc3c(-c4ccc(F)cc4)csc3c2=O)cc1. The van der Waals surface area contributed by atoms with Crippen molar-refractivity contribution in [2.24, 2.45) is 0 Å². The van der Waals surface area contributed by atoms with Gasteiger partial charge < -0.3 is 5.32 Å². The maximum absolute atomic E-state index is 13.2. The largest absolute Gasteiger partial charge is 0.325 e. The number of benzene rings is 2. The van der Waals surface area contributed by atoms with Gasteiger partial charge in [-0.1, -0.05) is 29.8 Å². The van der Waals surface area contributed by atoms with Crippen LogP contribution in [0.4, 0.5) is 10.1 Å². The monoisotopic (exact) mass is 393 g/mol. The van der Waals surface area contributed by atoms with E-state index in [1.807, 2.05) is 36.6 Å². The summed E-state index contributed by atoms with van der Waals surface area (Å²) in [5.74, 6) is -0.624. The lowest BCUT2D eigenvalue weighted by molar-refractivity contribution is -0.116. The molecule has 0 fully saturated rings. The topological polar surface area (TPSA) is 64.0 Å². The normalized spacial score (nSPS) is 10.9. The summed E-state index contributed by atoms with van der Waals surface area (Å²) in [5, 5.41) is 4.59. The molecule has 0 aliphatic carbocycles. The summed E-state index contributed by atoms with van der Waals surface area (Å²) in [6, 6.07) is 13.5. The van der Waals surface area contributed by atoms with Gasteiger partial charge in [0.1, 0.15) is 17.1 Å². The predicted octanol–water partition coefficient (Wildman–Crippen LogP) is 4.21. The van der Waals surface area contributed by atoms with Gasteiger partial charge >= 0.3 is 0 Å². The van der Waals surface area contributed by atoms with E-state index in [-0.39, 0.29) is 23.8 Å². The number of fused-ring (bicyclic) bond motifs is 1. The van der Waals surface area contributed by atoms with Crippen molar-refractivity contribution < 1.29 is 9.18 Å². The van der Waals surface area contributed by atoms with Gasteiger partial charge in [-0.15, -0.1) is 11.3 Å². The van der Waals surface area contributed by atoms with E-state index in [1.54, 1.807) is 12.1 Å². The lowest BCUT2D eigenvalue weighted by Gasteiger charge is -2.08. The Morgan fingerprint density at radius 2 is 1.86 bits per heavy atom. The highest BCUT2D eigenvalue weighted by Crippen LogP contribution is 2.30. The summed E-state index contributed by atoms with van der Waals surface area (Å²) < 4.78 is 14.9. The van der Waals surface area contributed by atoms with Crippen LogP contribution in [0.3, 0.4) is 0 Å². The number of aryl methyl sites for hydroxylation is 1. The fraction of sp³-hybridized carbons (Fsp3) is 0.0952. The van der Waals surface area contributed by atoms with Crippen LogP contribution in [0.2, 0.25) is 0 Å². The van der Waals surface area contributed by atoms with E-state index in [2.05, 4.69) is 10.3 Å². The van der Waals surface area contributed by atoms with Crippen LogP contribution in [0.25, 0.3) is 21.3 Å². The summed E-state index contributed by atoms with van der Waals surface area (Å²) in [6.45, 7) is 1.84. The van der Waals surface area contributed by atoms with Gasteiger partial charge in [-0.2, -0.15) is 0 Å². The molecule has 2 aromatic carbocycles. The Hall–Kier alpha value is -3.32. The first-order chi connectivity index (χ1) is 13.5. The van der Waals surface area contributed by atoms with Gasteiger partial charge in [0.25, 0.3) is 5.56 Å². The maximum atomic E-state index is 13.2. The first-order valence-corrected chi connectivity index (χ1v) is 9.48. The third-order valence-corrected chi connectivity index (χ3v) is 5.31. The fourth-order valence-corrected chi connectivity index (χ4v) is 3.86. The van der Waals surface area contributed by atoms with E-state index in [4.69, 9.17) is 0 Å². The number of thiophene rings is 1. The van der Waals surface area contributed by atoms with Gasteiger partial charge in [0.15, 0.2) is 0 Å². The second-order valence-electron chi connectivity index (χ2n) is 6.43. The van der Waals surface area contributed by atoms with E-state index in [1.165, 1.54) is 34.4 Å². The van der Waals surface area contributed by atoms with Crippen molar-refractivity contribution in [3.8, 4) is 11.1 Å². The number of rotatable bonds is 4. The lowest BCUT2D eigenvalue weighted by atomic mass is 10.1. The van der Waals surface area contributed by atoms with Crippen molar-refractivity contribution in [2.45, 2.75) is 13.5 Å². The Balaban J connectivity index is 1.60. The molecular formula is C21H16FN3O2S. The minimum atomic E-state index is -0.321. The molecule has 0 saturated heterocycles. The molecule has 28 heavy (non-hydrogen) atoms. The minimum absolute atomic E-state index is 0.126. The molecule has 0 spiro atoms. The molecule has 0 unspecified atom stereocenters. The van der Waals surface area contributed by atoms with Gasteiger partial charge in [-0.3, -0.25) is 14.2 Å². The number of halogens is 1. The van der Waals surface area contributed by atoms with Crippen LogP contribution < -0.4 is 10.9 Å². The molecule has 0 radical (unpaired) electrons. The quantitative estimate of drug-likeness (QED) is 0.565. The molecule has 1 N–H and O–H groups in total. The van der Waals surface area contributed by atoms with Gasteiger partial charge in [-0.25, -0.2) is 9.37 Å². The number of carbonyl (C=O) groups excluding carboxylic acids is 1. The number of nitrogens with one attached hydrogen (secondary N) is 1. The van der Waals surface area contributed by atoms with Crippen molar-refractivity contribution >= 4 is 33.1 Å². The van der Waals surface area contributed by atoms with Crippen molar-refractivity contribution in [2.75, 3.05) is 5.32 Å². The van der Waals surface area contributed by atoms with Crippen molar-refractivity contribution in [1.29, 1.82) is 0 Å². The van der Waals surface area contributed by atoms with E-state index >= 15 is 0 Å². The van der Waals surface area contributed by atoms with Crippen LogP contribution in [0, 0.1) is 12.7 Å². The Morgan fingerprint density at radius 1 is 1.14 bits per heavy atom. The molecule has 7 heteroatoms.